The molecule has 1 fully saturated rings. The number of hydrogen-bond donors (Lipinski definition) is 1. The third kappa shape index (κ3) is 3.57. The van der Waals surface area contributed by atoms with Crippen LogP contribution in [0.1, 0.15) is 58.4 Å². The Morgan fingerprint density at radius 1 is 1.24 bits per heavy atom. The maximum absolute atomic E-state index is 13.9. The van der Waals surface area contributed by atoms with Gasteiger partial charge in [0.15, 0.2) is 11.6 Å². The summed E-state index contributed by atoms with van der Waals surface area (Å²) in [5, 5.41) is 11.0. The number of ether oxygens (including phenoxy) is 1. The van der Waals surface area contributed by atoms with Gasteiger partial charge in [0.05, 0.1) is 12.7 Å². The van der Waals surface area contributed by atoms with Crippen molar-refractivity contribution >= 4 is 0 Å². The highest BCUT2D eigenvalue weighted by Gasteiger charge is 2.36. The Kier molecular flexibility index (Phi) is 4.62. The SMILES string of the molecule is COc1ccc(C2(O)CCCC(C(C)(C)C)CC2)cc1F. The number of rotatable bonds is 2. The fourth-order valence-electron chi connectivity index (χ4n) is 3.43. The van der Waals surface area contributed by atoms with Crippen molar-refractivity contribution in [3.63, 3.8) is 0 Å². The number of benzene rings is 1. The topological polar surface area (TPSA) is 29.5 Å². The van der Waals surface area contributed by atoms with E-state index in [9.17, 15) is 9.50 Å². The van der Waals surface area contributed by atoms with Gasteiger partial charge in [0, 0.05) is 0 Å². The first kappa shape index (κ1) is 16.3. The van der Waals surface area contributed by atoms with Crippen molar-refractivity contribution in [3.05, 3.63) is 29.6 Å². The molecule has 1 saturated carbocycles. The number of hydrogen-bond acceptors (Lipinski definition) is 2. The lowest BCUT2D eigenvalue weighted by Gasteiger charge is -2.31. The van der Waals surface area contributed by atoms with E-state index in [0.717, 1.165) is 19.3 Å². The van der Waals surface area contributed by atoms with E-state index in [4.69, 9.17) is 4.74 Å². The van der Waals surface area contributed by atoms with E-state index in [2.05, 4.69) is 20.8 Å². The largest absolute Gasteiger partial charge is 0.494 e. The van der Waals surface area contributed by atoms with Gasteiger partial charge in [-0.25, -0.2) is 4.39 Å². The Bertz CT molecular complexity index is 492. The highest BCUT2D eigenvalue weighted by Crippen LogP contribution is 2.43. The van der Waals surface area contributed by atoms with Crippen LogP contribution in [0.3, 0.4) is 0 Å². The molecule has 1 N–H and O–H groups in total. The van der Waals surface area contributed by atoms with Crippen LogP contribution in [0, 0.1) is 17.2 Å². The van der Waals surface area contributed by atoms with Crippen LogP contribution in [-0.4, -0.2) is 12.2 Å². The molecule has 0 heterocycles. The third-order valence-electron chi connectivity index (χ3n) is 4.96. The molecule has 2 nitrogen and oxygen atoms in total. The molecule has 1 aliphatic rings. The van der Waals surface area contributed by atoms with Crippen LogP contribution in [-0.2, 0) is 5.60 Å². The van der Waals surface area contributed by atoms with E-state index in [0.29, 0.717) is 24.3 Å². The molecular weight excluding hydrogens is 267 g/mol. The van der Waals surface area contributed by atoms with Crippen molar-refractivity contribution in [2.24, 2.45) is 11.3 Å². The second-order valence-corrected chi connectivity index (χ2v) is 7.37. The maximum atomic E-state index is 13.9. The minimum Gasteiger partial charge on any atom is -0.494 e. The van der Waals surface area contributed by atoms with Gasteiger partial charge >= 0.3 is 0 Å². The summed E-state index contributed by atoms with van der Waals surface area (Å²) in [5.74, 6) is 0.429. The summed E-state index contributed by atoms with van der Waals surface area (Å²) in [5.41, 5.74) is 0.0270. The monoisotopic (exact) mass is 294 g/mol. The first-order valence-electron chi connectivity index (χ1n) is 7.83. The third-order valence-corrected chi connectivity index (χ3v) is 4.96. The first-order chi connectivity index (χ1) is 9.76. The molecule has 2 rings (SSSR count). The van der Waals surface area contributed by atoms with Gasteiger partial charge in [0.25, 0.3) is 0 Å². The van der Waals surface area contributed by atoms with Gasteiger partial charge in [-0.2, -0.15) is 0 Å². The van der Waals surface area contributed by atoms with Crippen LogP contribution >= 0.6 is 0 Å². The van der Waals surface area contributed by atoms with Crippen molar-refractivity contribution < 1.29 is 14.2 Å². The van der Waals surface area contributed by atoms with Crippen LogP contribution in [0.15, 0.2) is 18.2 Å². The molecule has 21 heavy (non-hydrogen) atoms. The van der Waals surface area contributed by atoms with Crippen LogP contribution in [0.25, 0.3) is 0 Å². The Morgan fingerprint density at radius 3 is 2.52 bits per heavy atom. The first-order valence-corrected chi connectivity index (χ1v) is 7.83. The number of halogens is 1. The molecule has 0 aliphatic heterocycles. The van der Waals surface area contributed by atoms with E-state index < -0.39 is 11.4 Å². The lowest BCUT2D eigenvalue weighted by Crippen LogP contribution is -2.26. The van der Waals surface area contributed by atoms with Gasteiger partial charge in [-0.3, -0.25) is 0 Å². The predicted molar refractivity (Wildman–Crippen MR) is 82.9 cm³/mol. The van der Waals surface area contributed by atoms with Crippen LogP contribution in [0.2, 0.25) is 0 Å². The Labute approximate surface area is 127 Å². The minimum atomic E-state index is -0.910. The van der Waals surface area contributed by atoms with E-state index in [-0.39, 0.29) is 11.2 Å². The van der Waals surface area contributed by atoms with E-state index in [1.165, 1.54) is 13.2 Å². The molecule has 1 aliphatic carbocycles. The smallest absolute Gasteiger partial charge is 0.165 e. The van der Waals surface area contributed by atoms with Crippen molar-refractivity contribution in [1.82, 2.24) is 0 Å². The Morgan fingerprint density at radius 2 is 1.95 bits per heavy atom. The molecule has 118 valence electrons. The molecule has 0 bridgehead atoms. The van der Waals surface area contributed by atoms with Gasteiger partial charge < -0.3 is 9.84 Å². The van der Waals surface area contributed by atoms with Gasteiger partial charge in [0.1, 0.15) is 0 Å². The predicted octanol–water partition coefficient (Wildman–Crippen LogP) is 4.65. The molecule has 2 atom stereocenters. The van der Waals surface area contributed by atoms with Crippen LogP contribution in [0.5, 0.6) is 5.75 Å². The second kappa shape index (κ2) is 5.96. The summed E-state index contributed by atoms with van der Waals surface area (Å²) < 4.78 is 18.9. The number of aliphatic hydroxyl groups is 1. The van der Waals surface area contributed by atoms with Gasteiger partial charge in [-0.15, -0.1) is 0 Å². The lowest BCUT2D eigenvalue weighted by molar-refractivity contribution is 0.0176. The summed E-state index contributed by atoms with van der Waals surface area (Å²) in [7, 11) is 1.45. The van der Waals surface area contributed by atoms with E-state index >= 15 is 0 Å². The summed E-state index contributed by atoms with van der Waals surface area (Å²) in [6.07, 6.45) is 4.48. The van der Waals surface area contributed by atoms with Crippen LogP contribution < -0.4 is 4.74 Å². The quantitative estimate of drug-likeness (QED) is 0.805. The fraction of sp³-hybridized carbons (Fsp3) is 0.667. The zero-order chi connectivity index (χ0) is 15.7. The average molecular weight is 294 g/mol. The minimum absolute atomic E-state index is 0.225. The zero-order valence-corrected chi connectivity index (χ0v) is 13.6. The Hall–Kier alpha value is -1.09. The van der Waals surface area contributed by atoms with E-state index in [1.54, 1.807) is 12.1 Å². The zero-order valence-electron chi connectivity index (χ0n) is 13.6. The summed E-state index contributed by atoms with van der Waals surface area (Å²) in [6, 6.07) is 4.82. The van der Waals surface area contributed by atoms with Crippen molar-refractivity contribution in [2.45, 2.75) is 58.5 Å². The van der Waals surface area contributed by atoms with E-state index in [1.807, 2.05) is 0 Å². The fourth-order valence-corrected chi connectivity index (χ4v) is 3.43. The highest BCUT2D eigenvalue weighted by atomic mass is 19.1. The molecule has 0 saturated heterocycles. The molecule has 0 spiro atoms. The Balaban J connectivity index is 2.21. The molecule has 2 unspecified atom stereocenters. The van der Waals surface area contributed by atoms with Crippen molar-refractivity contribution in [3.8, 4) is 5.75 Å². The van der Waals surface area contributed by atoms with Gasteiger partial charge in [0.2, 0.25) is 0 Å². The second-order valence-electron chi connectivity index (χ2n) is 7.37. The molecule has 3 heteroatoms. The maximum Gasteiger partial charge on any atom is 0.165 e. The molecule has 1 aromatic rings. The van der Waals surface area contributed by atoms with Crippen molar-refractivity contribution in [1.29, 1.82) is 0 Å². The molecule has 0 amide bonds. The van der Waals surface area contributed by atoms with Gasteiger partial charge in [-0.1, -0.05) is 26.8 Å². The van der Waals surface area contributed by atoms with Gasteiger partial charge in [-0.05, 0) is 61.1 Å². The van der Waals surface area contributed by atoms with Crippen LogP contribution in [0.4, 0.5) is 4.39 Å². The molecule has 0 aromatic heterocycles. The summed E-state index contributed by atoms with van der Waals surface area (Å²) >= 11 is 0. The average Bonchev–Trinajstić information content (AvgIpc) is 2.61. The van der Waals surface area contributed by atoms with Crippen molar-refractivity contribution in [2.75, 3.05) is 7.11 Å². The molecule has 1 aromatic carbocycles. The standard InChI is InChI=1S/C18H27FO2/c1-17(2,3)13-6-5-10-18(20,11-9-13)14-7-8-16(21-4)15(19)12-14/h7-8,12-13,20H,5-6,9-11H2,1-4H3. The highest BCUT2D eigenvalue weighted by molar-refractivity contribution is 5.32. The summed E-state index contributed by atoms with van der Waals surface area (Å²) in [4.78, 5) is 0. The molecular formula is C18H27FO2. The normalized spacial score (nSPS) is 27.2. The lowest BCUT2D eigenvalue weighted by atomic mass is 9.76. The summed E-state index contributed by atoms with van der Waals surface area (Å²) in [6.45, 7) is 6.78. The molecule has 0 radical (unpaired) electrons. The number of methoxy groups -OCH3 is 1.